The van der Waals surface area contributed by atoms with Crippen molar-refractivity contribution >= 4 is 36.1 Å². The second-order valence-electron chi connectivity index (χ2n) is 13.7. The van der Waals surface area contributed by atoms with Gasteiger partial charge >= 0.3 is 7.12 Å². The van der Waals surface area contributed by atoms with Gasteiger partial charge in [0.2, 0.25) is 11.9 Å². The van der Waals surface area contributed by atoms with E-state index in [2.05, 4.69) is 66.1 Å². The summed E-state index contributed by atoms with van der Waals surface area (Å²) in [7, 11) is 1.22. The van der Waals surface area contributed by atoms with Gasteiger partial charge in [-0.2, -0.15) is 0 Å². The Morgan fingerprint density at radius 3 is 1.72 bits per heavy atom. The fraction of sp³-hybridized carbons (Fsp3) is 0.238. The summed E-state index contributed by atoms with van der Waals surface area (Å²) in [5, 5.41) is 18.0. The van der Waals surface area contributed by atoms with Crippen LogP contribution in [0.2, 0.25) is 5.15 Å². The maximum absolute atomic E-state index is 13.6. The van der Waals surface area contributed by atoms with Gasteiger partial charge in [0.05, 0.1) is 31.3 Å². The monoisotopic (exact) mass is 808 g/mol. The minimum Gasteiger partial charge on any atom is -0.497 e. The lowest BCUT2D eigenvalue weighted by atomic mass is 9.79. The zero-order chi connectivity index (χ0) is 41.2. The van der Waals surface area contributed by atoms with Crippen LogP contribution in [0.4, 0.5) is 20.7 Å². The van der Waals surface area contributed by atoms with E-state index in [1.807, 2.05) is 24.3 Å². The number of aromatic nitrogens is 4. The van der Waals surface area contributed by atoms with Crippen LogP contribution < -0.4 is 26.4 Å². The standard InChI is InChI=1S/C21H21FN4O.C14H15ClN4.C7H8BFO3/c1-27-19-11-15(22)7-8-16(19)20-17-13-26(12-14-5-3-2-4-6-14)10-9-18(17)24-21(23)25-20;15-13-11-9-19(8-10-4-2-1-3-5-10)7-6-12(11)17-14(16)18-13;1-12-7-4-5(9)2-3-6(7)8(10)11/h2-8,11H,9-10,12-13H2,1H3,(H2,23,24,25);1-5H,6-9H2,(H2,16,17,18);2-4,10-11H,1H3. The van der Waals surface area contributed by atoms with Gasteiger partial charge in [-0.05, 0) is 29.3 Å². The van der Waals surface area contributed by atoms with Crippen molar-refractivity contribution in [3.63, 3.8) is 0 Å². The Balaban J connectivity index is 0.000000159. The van der Waals surface area contributed by atoms with Crippen molar-refractivity contribution in [2.45, 2.75) is 39.0 Å². The predicted molar refractivity (Wildman–Crippen MR) is 221 cm³/mol. The molecule has 2 aromatic heterocycles. The van der Waals surface area contributed by atoms with E-state index in [0.29, 0.717) is 23.1 Å². The zero-order valence-corrected chi connectivity index (χ0v) is 32.9. The molecule has 0 spiro atoms. The van der Waals surface area contributed by atoms with Crippen molar-refractivity contribution in [3.05, 3.63) is 147 Å². The fourth-order valence-electron chi connectivity index (χ4n) is 6.87. The summed E-state index contributed by atoms with van der Waals surface area (Å²) in [6, 6.07) is 28.7. The van der Waals surface area contributed by atoms with Gasteiger partial charge in [0.1, 0.15) is 28.3 Å². The van der Waals surface area contributed by atoms with Crippen LogP contribution in [0.5, 0.6) is 11.5 Å². The highest BCUT2D eigenvalue weighted by molar-refractivity contribution is 6.59. The number of halogens is 3. The molecule has 0 unspecified atom stereocenters. The molecule has 0 atom stereocenters. The number of hydrogen-bond donors (Lipinski definition) is 4. The molecule has 4 heterocycles. The first-order valence-corrected chi connectivity index (χ1v) is 18.9. The maximum Gasteiger partial charge on any atom is 0.492 e. The van der Waals surface area contributed by atoms with E-state index >= 15 is 0 Å². The van der Waals surface area contributed by atoms with Gasteiger partial charge in [0, 0.05) is 86.4 Å². The van der Waals surface area contributed by atoms with Gasteiger partial charge in [-0.15, -0.1) is 0 Å². The topological polar surface area (TPSA) is 169 Å². The third-order valence-electron chi connectivity index (χ3n) is 9.65. The predicted octanol–water partition coefficient (Wildman–Crippen LogP) is 5.22. The van der Waals surface area contributed by atoms with Crippen LogP contribution in [0.3, 0.4) is 0 Å². The van der Waals surface area contributed by atoms with Gasteiger partial charge in [0.25, 0.3) is 0 Å². The highest BCUT2D eigenvalue weighted by Gasteiger charge is 2.25. The van der Waals surface area contributed by atoms with Crippen molar-refractivity contribution in [1.29, 1.82) is 0 Å². The number of ether oxygens (including phenoxy) is 2. The molecule has 0 saturated carbocycles. The SMILES string of the molecule is COc1cc(F)ccc1-c1nc(N)nc2c1CN(Cc1ccccc1)CC2.COc1cc(F)ccc1B(O)O.Nc1nc(Cl)c2c(n1)CCN(Cc1ccccc1)C2. The zero-order valence-electron chi connectivity index (χ0n) is 32.2. The highest BCUT2D eigenvalue weighted by atomic mass is 35.5. The fourth-order valence-corrected chi connectivity index (χ4v) is 7.13. The molecule has 0 saturated heterocycles. The summed E-state index contributed by atoms with van der Waals surface area (Å²) in [6.45, 7) is 5.13. The van der Waals surface area contributed by atoms with Crippen LogP contribution in [0.25, 0.3) is 11.3 Å². The lowest BCUT2D eigenvalue weighted by molar-refractivity contribution is 0.243. The molecular formula is C42H44BClF2N8O4. The molecule has 4 aromatic carbocycles. The number of hydrogen-bond acceptors (Lipinski definition) is 12. The molecule has 12 nitrogen and oxygen atoms in total. The molecule has 0 bridgehead atoms. The first kappa shape index (κ1) is 41.9. The third kappa shape index (κ3) is 10.8. The molecule has 0 aliphatic carbocycles. The van der Waals surface area contributed by atoms with E-state index in [4.69, 9.17) is 42.6 Å². The molecule has 2 aliphatic heterocycles. The van der Waals surface area contributed by atoms with E-state index in [9.17, 15) is 8.78 Å². The maximum atomic E-state index is 13.6. The van der Waals surface area contributed by atoms with E-state index in [-0.39, 0.29) is 28.9 Å². The second kappa shape index (κ2) is 19.6. The van der Waals surface area contributed by atoms with Crippen LogP contribution in [-0.4, -0.2) is 74.2 Å². The molecule has 6 aromatic rings. The van der Waals surface area contributed by atoms with E-state index < -0.39 is 12.9 Å². The molecule has 16 heteroatoms. The Morgan fingerprint density at radius 1 is 0.672 bits per heavy atom. The third-order valence-corrected chi connectivity index (χ3v) is 9.97. The number of methoxy groups -OCH3 is 2. The average Bonchev–Trinajstić information content (AvgIpc) is 3.22. The van der Waals surface area contributed by atoms with Gasteiger partial charge in [-0.1, -0.05) is 78.3 Å². The summed E-state index contributed by atoms with van der Waals surface area (Å²) in [6.07, 6.45) is 1.67. The quantitative estimate of drug-likeness (QED) is 0.117. The van der Waals surface area contributed by atoms with Crippen molar-refractivity contribution < 1.29 is 28.3 Å². The first-order valence-electron chi connectivity index (χ1n) is 18.5. The van der Waals surface area contributed by atoms with Crippen LogP contribution >= 0.6 is 11.6 Å². The first-order chi connectivity index (χ1) is 28.0. The van der Waals surface area contributed by atoms with Crippen molar-refractivity contribution in [2.24, 2.45) is 0 Å². The summed E-state index contributed by atoms with van der Waals surface area (Å²) in [5.74, 6) is 0.237. The highest BCUT2D eigenvalue weighted by Crippen LogP contribution is 2.35. The molecule has 0 radical (unpaired) electrons. The average molecular weight is 809 g/mol. The number of anilines is 2. The van der Waals surface area contributed by atoms with Crippen LogP contribution in [-0.2, 0) is 39.0 Å². The Bertz CT molecular complexity index is 2310. The number of fused-ring (bicyclic) bond motifs is 2. The van der Waals surface area contributed by atoms with Gasteiger partial charge < -0.3 is 31.0 Å². The van der Waals surface area contributed by atoms with E-state index in [0.717, 1.165) is 85.8 Å². The van der Waals surface area contributed by atoms with Crippen LogP contribution in [0.1, 0.15) is 33.6 Å². The Morgan fingerprint density at radius 2 is 1.17 bits per heavy atom. The summed E-state index contributed by atoms with van der Waals surface area (Å²) in [4.78, 5) is 21.9. The normalized spacial score (nSPS) is 13.5. The van der Waals surface area contributed by atoms with Crippen LogP contribution in [0.15, 0.2) is 97.1 Å². The van der Waals surface area contributed by atoms with Gasteiger partial charge in [-0.25, -0.2) is 28.7 Å². The molecule has 8 rings (SSSR count). The molecule has 300 valence electrons. The van der Waals surface area contributed by atoms with Crippen molar-refractivity contribution in [1.82, 2.24) is 29.7 Å². The van der Waals surface area contributed by atoms with Gasteiger partial charge in [-0.3, -0.25) is 9.80 Å². The van der Waals surface area contributed by atoms with Crippen LogP contribution in [0, 0.1) is 11.6 Å². The molecule has 0 amide bonds. The molecule has 6 N–H and O–H groups in total. The number of benzene rings is 4. The lowest BCUT2D eigenvalue weighted by Gasteiger charge is -2.29. The minimum atomic E-state index is -1.64. The summed E-state index contributed by atoms with van der Waals surface area (Å²) >= 11 is 6.16. The Labute approximate surface area is 341 Å². The van der Waals surface area contributed by atoms with E-state index in [1.165, 1.54) is 43.5 Å². The van der Waals surface area contributed by atoms with Gasteiger partial charge in [0.15, 0.2) is 0 Å². The van der Waals surface area contributed by atoms with E-state index in [1.54, 1.807) is 6.07 Å². The Kier molecular flexibility index (Phi) is 14.2. The Hall–Kier alpha value is -5.71. The number of nitrogens with two attached hydrogens (primary N) is 2. The molecule has 58 heavy (non-hydrogen) atoms. The summed E-state index contributed by atoms with van der Waals surface area (Å²) in [5.41, 5.74) is 19.7. The summed E-state index contributed by atoms with van der Waals surface area (Å²) < 4.78 is 36.3. The number of rotatable bonds is 8. The van der Waals surface area contributed by atoms with Crippen molar-refractivity contribution in [3.8, 4) is 22.8 Å². The number of nitrogen functional groups attached to an aromatic ring is 2. The molecule has 2 aliphatic rings. The van der Waals surface area contributed by atoms with Crippen molar-refractivity contribution in [2.75, 3.05) is 38.8 Å². The number of nitrogens with zero attached hydrogens (tertiary/aromatic N) is 6. The second-order valence-corrected chi connectivity index (χ2v) is 14.0. The molecular weight excluding hydrogens is 765 g/mol. The smallest absolute Gasteiger partial charge is 0.492 e. The lowest BCUT2D eigenvalue weighted by Crippen LogP contribution is -2.31. The largest absolute Gasteiger partial charge is 0.497 e. The molecule has 0 fully saturated rings. The minimum absolute atomic E-state index is 0.130.